The predicted octanol–water partition coefficient (Wildman–Crippen LogP) is 1.22. The molecule has 0 aliphatic carbocycles. The molecule has 0 saturated carbocycles. The lowest BCUT2D eigenvalue weighted by molar-refractivity contribution is 0.606. The average Bonchev–Trinajstić information content (AvgIpc) is 2.18. The highest BCUT2D eigenvalue weighted by atomic mass is 15.3. The van der Waals surface area contributed by atoms with Crippen LogP contribution in [0.25, 0.3) is 0 Å². The summed E-state index contributed by atoms with van der Waals surface area (Å²) in [6.07, 6.45) is 2.79. The van der Waals surface area contributed by atoms with E-state index >= 15 is 0 Å². The van der Waals surface area contributed by atoms with E-state index < -0.39 is 0 Å². The maximum atomic E-state index is 5.19. The number of nitrogen functional groups attached to an aromatic ring is 1. The van der Waals surface area contributed by atoms with Gasteiger partial charge in [0.05, 0.1) is 0 Å². The van der Waals surface area contributed by atoms with Gasteiger partial charge in [0, 0.05) is 12.7 Å². The summed E-state index contributed by atoms with van der Waals surface area (Å²) in [4.78, 5) is 8.04. The van der Waals surface area contributed by atoms with Crippen molar-refractivity contribution in [3.8, 4) is 0 Å². The average molecular weight is 195 g/mol. The summed E-state index contributed by atoms with van der Waals surface area (Å²) >= 11 is 0. The molecule has 5 nitrogen and oxygen atoms in total. The van der Waals surface area contributed by atoms with Crippen LogP contribution >= 0.6 is 0 Å². The molecular formula is C9H17N5. The van der Waals surface area contributed by atoms with Crippen LogP contribution in [0.15, 0.2) is 12.3 Å². The molecule has 4 N–H and O–H groups in total. The van der Waals surface area contributed by atoms with E-state index in [1.54, 1.807) is 6.20 Å². The minimum atomic E-state index is 0.430. The number of nitrogens with two attached hydrogens (primary N) is 1. The number of hydrogen-bond donors (Lipinski definition) is 3. The van der Waals surface area contributed by atoms with Crippen LogP contribution in [-0.4, -0.2) is 16.5 Å². The van der Waals surface area contributed by atoms with E-state index in [1.807, 2.05) is 6.07 Å². The first-order valence-corrected chi connectivity index (χ1v) is 4.76. The number of aromatic nitrogens is 2. The predicted molar refractivity (Wildman–Crippen MR) is 57.8 cm³/mol. The van der Waals surface area contributed by atoms with Crippen LogP contribution in [-0.2, 0) is 0 Å². The van der Waals surface area contributed by atoms with Crippen LogP contribution in [0.4, 0.5) is 11.8 Å². The molecule has 0 radical (unpaired) electrons. The van der Waals surface area contributed by atoms with Crippen molar-refractivity contribution in [2.24, 2.45) is 11.8 Å². The highest BCUT2D eigenvalue weighted by Gasteiger charge is 1.97. The molecule has 0 spiro atoms. The monoisotopic (exact) mass is 195 g/mol. The van der Waals surface area contributed by atoms with Gasteiger partial charge in [-0.2, -0.15) is 4.98 Å². The fourth-order valence-electron chi connectivity index (χ4n) is 1.02. The topological polar surface area (TPSA) is 75.9 Å². The molecule has 0 aliphatic rings. The summed E-state index contributed by atoms with van der Waals surface area (Å²) in [7, 11) is 0. The largest absolute Gasteiger partial charge is 0.370 e. The summed E-state index contributed by atoms with van der Waals surface area (Å²) in [5.74, 6) is 7.11. The molecule has 1 aromatic heterocycles. The molecule has 0 bridgehead atoms. The van der Waals surface area contributed by atoms with Crippen molar-refractivity contribution in [2.45, 2.75) is 20.3 Å². The lowest BCUT2D eigenvalue weighted by Gasteiger charge is -2.07. The first kappa shape index (κ1) is 10.7. The first-order chi connectivity index (χ1) is 6.72. The van der Waals surface area contributed by atoms with Crippen LogP contribution < -0.4 is 16.6 Å². The maximum absolute atomic E-state index is 5.19. The van der Waals surface area contributed by atoms with Crippen molar-refractivity contribution in [3.63, 3.8) is 0 Å². The number of rotatable bonds is 5. The molecule has 0 saturated heterocycles. The van der Waals surface area contributed by atoms with Crippen LogP contribution in [0.2, 0.25) is 0 Å². The van der Waals surface area contributed by atoms with Gasteiger partial charge in [0.15, 0.2) is 0 Å². The summed E-state index contributed by atoms with van der Waals surface area (Å²) in [6, 6.07) is 1.82. The molecule has 0 aliphatic heterocycles. The highest BCUT2D eigenvalue weighted by molar-refractivity contribution is 5.38. The molecule has 0 unspecified atom stereocenters. The van der Waals surface area contributed by atoms with Crippen molar-refractivity contribution >= 4 is 11.8 Å². The molecule has 0 atom stereocenters. The van der Waals surface area contributed by atoms with Crippen LogP contribution in [0.1, 0.15) is 20.3 Å². The maximum Gasteiger partial charge on any atom is 0.239 e. The molecular weight excluding hydrogens is 178 g/mol. The Kier molecular flexibility index (Phi) is 4.12. The van der Waals surface area contributed by atoms with E-state index in [1.165, 1.54) is 0 Å². The quantitative estimate of drug-likeness (QED) is 0.486. The first-order valence-electron chi connectivity index (χ1n) is 4.76. The summed E-state index contributed by atoms with van der Waals surface area (Å²) in [5, 5.41) is 3.20. The van der Waals surface area contributed by atoms with Gasteiger partial charge in [0.2, 0.25) is 5.95 Å². The van der Waals surface area contributed by atoms with Gasteiger partial charge in [-0.1, -0.05) is 13.8 Å². The number of nitrogens with zero attached hydrogens (tertiary/aromatic N) is 2. The molecule has 1 rings (SSSR count). The number of hydrogen-bond acceptors (Lipinski definition) is 5. The number of anilines is 2. The zero-order chi connectivity index (χ0) is 10.4. The molecule has 1 aromatic rings. The van der Waals surface area contributed by atoms with E-state index in [2.05, 4.69) is 34.6 Å². The van der Waals surface area contributed by atoms with Crippen LogP contribution in [0, 0.1) is 5.92 Å². The van der Waals surface area contributed by atoms with Gasteiger partial charge < -0.3 is 5.32 Å². The van der Waals surface area contributed by atoms with Gasteiger partial charge in [-0.15, -0.1) is 0 Å². The van der Waals surface area contributed by atoms with Crippen molar-refractivity contribution in [1.29, 1.82) is 0 Å². The molecule has 0 amide bonds. The number of hydrazine groups is 1. The fraction of sp³-hybridized carbons (Fsp3) is 0.556. The minimum absolute atomic E-state index is 0.430. The van der Waals surface area contributed by atoms with E-state index in [9.17, 15) is 0 Å². The van der Waals surface area contributed by atoms with E-state index in [4.69, 9.17) is 5.84 Å². The SMILES string of the molecule is CC(C)CCNc1ccnc(NN)n1. The van der Waals surface area contributed by atoms with Gasteiger partial charge in [-0.3, -0.25) is 5.43 Å². The third-order valence-electron chi connectivity index (χ3n) is 1.81. The van der Waals surface area contributed by atoms with Gasteiger partial charge in [0.1, 0.15) is 5.82 Å². The Labute approximate surface area is 84.1 Å². The van der Waals surface area contributed by atoms with Crippen LogP contribution in [0.5, 0.6) is 0 Å². The summed E-state index contributed by atoms with van der Waals surface area (Å²) in [5.41, 5.74) is 2.40. The zero-order valence-corrected chi connectivity index (χ0v) is 8.62. The number of nitrogens with one attached hydrogen (secondary N) is 2. The molecule has 0 fully saturated rings. The van der Waals surface area contributed by atoms with Gasteiger partial charge in [-0.05, 0) is 18.4 Å². The Morgan fingerprint density at radius 1 is 1.50 bits per heavy atom. The Hall–Kier alpha value is -1.36. The second-order valence-corrected chi connectivity index (χ2v) is 3.52. The Bertz CT molecular complexity index is 274. The Balaban J connectivity index is 2.42. The normalized spacial score (nSPS) is 10.3. The Morgan fingerprint density at radius 3 is 2.93 bits per heavy atom. The lowest BCUT2D eigenvalue weighted by atomic mass is 10.1. The van der Waals surface area contributed by atoms with Crippen LogP contribution in [0.3, 0.4) is 0 Å². The third-order valence-corrected chi connectivity index (χ3v) is 1.81. The zero-order valence-electron chi connectivity index (χ0n) is 8.62. The van der Waals surface area contributed by atoms with Crippen molar-refractivity contribution in [1.82, 2.24) is 9.97 Å². The van der Waals surface area contributed by atoms with Crippen molar-refractivity contribution < 1.29 is 0 Å². The van der Waals surface area contributed by atoms with Crippen molar-refractivity contribution in [3.05, 3.63) is 12.3 Å². The highest BCUT2D eigenvalue weighted by Crippen LogP contribution is 2.05. The van der Waals surface area contributed by atoms with E-state index in [0.717, 1.165) is 18.8 Å². The summed E-state index contributed by atoms with van der Waals surface area (Å²) < 4.78 is 0. The minimum Gasteiger partial charge on any atom is -0.370 e. The van der Waals surface area contributed by atoms with Gasteiger partial charge in [0.25, 0.3) is 0 Å². The molecule has 5 heteroatoms. The smallest absolute Gasteiger partial charge is 0.239 e. The Morgan fingerprint density at radius 2 is 2.29 bits per heavy atom. The lowest BCUT2D eigenvalue weighted by Crippen LogP contribution is -2.12. The molecule has 1 heterocycles. The second-order valence-electron chi connectivity index (χ2n) is 3.52. The summed E-state index contributed by atoms with van der Waals surface area (Å²) in [6.45, 7) is 5.29. The van der Waals surface area contributed by atoms with E-state index in [0.29, 0.717) is 11.9 Å². The second kappa shape index (κ2) is 5.39. The molecule has 14 heavy (non-hydrogen) atoms. The standard InChI is InChI=1S/C9H17N5/c1-7(2)3-5-11-8-4-6-12-9(13-8)14-10/h4,6-7H,3,5,10H2,1-2H3,(H2,11,12,13,14). The van der Waals surface area contributed by atoms with E-state index in [-0.39, 0.29) is 0 Å². The van der Waals surface area contributed by atoms with Gasteiger partial charge >= 0.3 is 0 Å². The van der Waals surface area contributed by atoms with Gasteiger partial charge in [-0.25, -0.2) is 10.8 Å². The third kappa shape index (κ3) is 3.57. The molecule has 0 aromatic carbocycles. The van der Waals surface area contributed by atoms with Crippen molar-refractivity contribution in [2.75, 3.05) is 17.3 Å². The fourth-order valence-corrected chi connectivity index (χ4v) is 1.02. The molecule has 78 valence electrons.